The number of benzene rings is 2. The van der Waals surface area contributed by atoms with Gasteiger partial charge >= 0.3 is 0 Å². The number of ether oxygens (including phenoxy) is 3. The molecule has 2 N–H and O–H groups in total. The molecule has 2 rings (SSSR count). The van der Waals surface area contributed by atoms with Crippen molar-refractivity contribution in [2.45, 2.75) is 117 Å². The molecule has 0 saturated carbocycles. The number of quaternary nitrogens is 1. The molecule has 0 aliphatic rings. The highest BCUT2D eigenvalue weighted by molar-refractivity contribution is 5.31. The van der Waals surface area contributed by atoms with Crippen LogP contribution in [0.25, 0.3) is 0 Å². The maximum atomic E-state index is 5.96. The molecule has 0 spiro atoms. The van der Waals surface area contributed by atoms with E-state index >= 15 is 0 Å². The third kappa shape index (κ3) is 18.4. The highest BCUT2D eigenvalue weighted by Crippen LogP contribution is 2.30. The van der Waals surface area contributed by atoms with Gasteiger partial charge in [-0.25, -0.2) is 0 Å². The average Bonchev–Trinajstić information content (AvgIpc) is 3.00. The summed E-state index contributed by atoms with van der Waals surface area (Å²) in [6.45, 7) is 16.4. The van der Waals surface area contributed by atoms with E-state index in [2.05, 4.69) is 83.4 Å². The van der Waals surface area contributed by atoms with E-state index in [0.29, 0.717) is 13.2 Å². The smallest absolute Gasteiger partial charge is 0.119 e. The quantitative estimate of drug-likeness (QED) is 0.0965. The zero-order chi connectivity index (χ0) is 31.8. The summed E-state index contributed by atoms with van der Waals surface area (Å²) in [4.78, 5) is 0. The van der Waals surface area contributed by atoms with Crippen molar-refractivity contribution in [2.75, 3.05) is 53.6 Å². The third-order valence-electron chi connectivity index (χ3n) is 8.03. The first kappa shape index (κ1) is 38.9. The molecule has 0 bridgehead atoms. The lowest BCUT2D eigenvalue weighted by Gasteiger charge is -2.29. The minimum Gasteiger partial charge on any atom is -0.494 e. The first-order valence-electron chi connectivity index (χ1n) is 17.3. The summed E-state index contributed by atoms with van der Waals surface area (Å²) < 4.78 is 18.7. The summed E-state index contributed by atoms with van der Waals surface area (Å²) in [5, 5.41) is 0. The fraction of sp³-hybridized carbons (Fsp3) is 0.684. The third-order valence-corrected chi connectivity index (χ3v) is 8.03. The Kier molecular flexibility index (Phi) is 21.1. The molecule has 0 aliphatic carbocycles. The molecule has 246 valence electrons. The molecule has 0 fully saturated rings. The molecule has 5 heteroatoms. The summed E-state index contributed by atoms with van der Waals surface area (Å²) in [7, 11) is 4.51. The molecule has 0 atom stereocenters. The van der Waals surface area contributed by atoms with E-state index in [-0.39, 0.29) is 5.41 Å². The van der Waals surface area contributed by atoms with Gasteiger partial charge in [-0.15, -0.1) is 0 Å². The summed E-state index contributed by atoms with van der Waals surface area (Å²) in [6.07, 6.45) is 13.8. The first-order chi connectivity index (χ1) is 20.8. The lowest BCUT2D eigenvalue weighted by molar-refractivity contribution is -0.904. The van der Waals surface area contributed by atoms with Gasteiger partial charge in [0.1, 0.15) is 31.2 Å². The molecular formula is C38H67N2O3+. The van der Waals surface area contributed by atoms with Gasteiger partial charge in [-0.1, -0.05) is 98.1 Å². The van der Waals surface area contributed by atoms with Crippen molar-refractivity contribution in [3.8, 4) is 11.5 Å². The molecule has 0 aromatic heterocycles. The van der Waals surface area contributed by atoms with Crippen molar-refractivity contribution in [2.24, 2.45) is 5.73 Å². The number of hydrogen-bond acceptors (Lipinski definition) is 4. The fourth-order valence-electron chi connectivity index (χ4n) is 5.18. The second-order valence-electron chi connectivity index (χ2n) is 12.9. The predicted octanol–water partition coefficient (Wildman–Crippen LogP) is 9.31. The highest BCUT2D eigenvalue weighted by atomic mass is 16.5. The standard InChI is InChI=1S/C36H61N2O3.C2H6/c1-6-7-13-24-36(2,3)33-18-22-35(23-19-33)41-30-29-39-28-26-38(4,5)31-32-16-20-34(21-17-32)40-27-15-12-10-8-9-11-14-25-37;1-2/h16-23H,6-15,24-31,37H2,1-5H3;1-2H3/q+1;. The lowest BCUT2D eigenvalue weighted by atomic mass is 9.80. The van der Waals surface area contributed by atoms with E-state index in [9.17, 15) is 0 Å². The molecule has 0 unspecified atom stereocenters. The Morgan fingerprint density at radius 3 is 1.81 bits per heavy atom. The topological polar surface area (TPSA) is 53.7 Å². The Bertz CT molecular complexity index is 910. The Labute approximate surface area is 266 Å². The monoisotopic (exact) mass is 600 g/mol. The maximum absolute atomic E-state index is 5.96. The minimum absolute atomic E-state index is 0.210. The minimum atomic E-state index is 0.210. The summed E-state index contributed by atoms with van der Waals surface area (Å²) in [5.41, 5.74) is 8.46. The van der Waals surface area contributed by atoms with Gasteiger partial charge in [-0.3, -0.25) is 0 Å². The first-order valence-corrected chi connectivity index (χ1v) is 17.3. The van der Waals surface area contributed by atoms with Gasteiger partial charge in [0.05, 0.1) is 33.9 Å². The normalized spacial score (nSPS) is 11.6. The van der Waals surface area contributed by atoms with Crippen molar-refractivity contribution in [1.29, 1.82) is 0 Å². The van der Waals surface area contributed by atoms with Crippen molar-refractivity contribution in [3.63, 3.8) is 0 Å². The Balaban J connectivity index is 0.00000452. The number of likely N-dealkylation sites (N-methyl/N-ethyl adjacent to an activating group) is 1. The van der Waals surface area contributed by atoms with Gasteiger partial charge in [0.2, 0.25) is 0 Å². The van der Waals surface area contributed by atoms with Crippen molar-refractivity contribution >= 4 is 0 Å². The highest BCUT2D eigenvalue weighted by Gasteiger charge is 2.20. The second-order valence-corrected chi connectivity index (χ2v) is 12.9. The van der Waals surface area contributed by atoms with Crippen molar-refractivity contribution in [3.05, 3.63) is 59.7 Å². The molecule has 0 saturated heterocycles. The summed E-state index contributed by atoms with van der Waals surface area (Å²) in [6, 6.07) is 17.2. The molecular weight excluding hydrogens is 532 g/mol. The molecule has 5 nitrogen and oxygen atoms in total. The van der Waals surface area contributed by atoms with Gasteiger partial charge in [-0.2, -0.15) is 0 Å². The Morgan fingerprint density at radius 1 is 0.651 bits per heavy atom. The molecule has 0 amide bonds. The van der Waals surface area contributed by atoms with Gasteiger partial charge in [0.25, 0.3) is 0 Å². The van der Waals surface area contributed by atoms with Gasteiger partial charge in [-0.05, 0) is 73.2 Å². The van der Waals surface area contributed by atoms with Gasteiger partial charge < -0.3 is 24.4 Å². The van der Waals surface area contributed by atoms with E-state index in [4.69, 9.17) is 19.9 Å². The molecule has 0 radical (unpaired) electrons. The second kappa shape index (κ2) is 23.3. The SMILES string of the molecule is CC.CCCCCC(C)(C)c1ccc(OCCOCC[N+](C)(C)Cc2ccc(OCCCCCCCCCN)cc2)cc1. The van der Waals surface area contributed by atoms with E-state index in [0.717, 1.165) is 61.7 Å². The largest absolute Gasteiger partial charge is 0.494 e. The van der Waals surface area contributed by atoms with Crippen LogP contribution < -0.4 is 15.2 Å². The number of unbranched alkanes of at least 4 members (excludes halogenated alkanes) is 8. The van der Waals surface area contributed by atoms with Crippen LogP contribution in [-0.4, -0.2) is 58.1 Å². The number of nitrogens with two attached hydrogens (primary N) is 1. The molecule has 0 heterocycles. The molecule has 0 aliphatic heterocycles. The summed E-state index contributed by atoms with van der Waals surface area (Å²) >= 11 is 0. The van der Waals surface area contributed by atoms with Crippen LogP contribution in [0.2, 0.25) is 0 Å². The Hall–Kier alpha value is -2.08. The lowest BCUT2D eigenvalue weighted by Crippen LogP contribution is -2.41. The van der Waals surface area contributed by atoms with Crippen LogP contribution in [0, 0.1) is 0 Å². The summed E-state index contributed by atoms with van der Waals surface area (Å²) in [5.74, 6) is 1.88. The zero-order valence-electron chi connectivity index (χ0n) is 29.1. The fourth-order valence-corrected chi connectivity index (χ4v) is 5.18. The van der Waals surface area contributed by atoms with Crippen molar-refractivity contribution < 1.29 is 18.7 Å². The van der Waals surface area contributed by atoms with Crippen LogP contribution in [0.4, 0.5) is 0 Å². The van der Waals surface area contributed by atoms with Crippen LogP contribution in [-0.2, 0) is 16.7 Å². The zero-order valence-corrected chi connectivity index (χ0v) is 29.1. The van der Waals surface area contributed by atoms with Crippen LogP contribution in [0.1, 0.15) is 116 Å². The molecule has 2 aromatic rings. The number of rotatable bonds is 24. The van der Waals surface area contributed by atoms with Crippen molar-refractivity contribution in [1.82, 2.24) is 0 Å². The van der Waals surface area contributed by atoms with Gasteiger partial charge in [0, 0.05) is 5.56 Å². The van der Waals surface area contributed by atoms with E-state index < -0.39 is 0 Å². The van der Waals surface area contributed by atoms with Crippen LogP contribution in [0.15, 0.2) is 48.5 Å². The predicted molar refractivity (Wildman–Crippen MR) is 185 cm³/mol. The van der Waals surface area contributed by atoms with E-state index in [1.807, 2.05) is 13.8 Å². The van der Waals surface area contributed by atoms with Crippen LogP contribution >= 0.6 is 0 Å². The van der Waals surface area contributed by atoms with E-state index in [1.54, 1.807) is 0 Å². The average molecular weight is 600 g/mol. The molecule has 43 heavy (non-hydrogen) atoms. The molecule has 2 aromatic carbocycles. The van der Waals surface area contributed by atoms with Crippen LogP contribution in [0.3, 0.4) is 0 Å². The van der Waals surface area contributed by atoms with Gasteiger partial charge in [0.15, 0.2) is 0 Å². The number of hydrogen-bond donors (Lipinski definition) is 1. The maximum Gasteiger partial charge on any atom is 0.119 e. The van der Waals surface area contributed by atoms with Crippen LogP contribution in [0.5, 0.6) is 11.5 Å². The number of nitrogens with zero attached hydrogens (tertiary/aromatic N) is 1. The van der Waals surface area contributed by atoms with E-state index in [1.165, 1.54) is 68.9 Å². The Morgan fingerprint density at radius 2 is 1.21 bits per heavy atom.